The molecule has 0 spiro atoms. The van der Waals surface area contributed by atoms with E-state index in [4.69, 9.17) is 0 Å². The van der Waals surface area contributed by atoms with E-state index in [-0.39, 0.29) is 11.9 Å². The van der Waals surface area contributed by atoms with Crippen LogP contribution in [0.15, 0.2) is 30.3 Å². The predicted octanol–water partition coefficient (Wildman–Crippen LogP) is 0.880. The van der Waals surface area contributed by atoms with Gasteiger partial charge in [0.05, 0.1) is 0 Å². The summed E-state index contributed by atoms with van der Waals surface area (Å²) in [5.41, 5.74) is 1.18. The standard InChI is InChI=1S/C9H10N2OS/c12-9-8(10-13-11-9)6-7-4-2-1-3-5-7/h1-5,8,10H,6H2,(H,11,12)/t8-/m0/s1. The minimum Gasteiger partial charge on any atom is -0.286 e. The first kappa shape index (κ1) is 8.59. The van der Waals surface area contributed by atoms with Crippen molar-refractivity contribution in [1.82, 2.24) is 9.44 Å². The molecule has 0 radical (unpaired) electrons. The molecule has 4 heteroatoms. The van der Waals surface area contributed by atoms with Crippen LogP contribution >= 0.6 is 12.1 Å². The molecule has 1 heterocycles. The Balaban J connectivity index is 2.02. The van der Waals surface area contributed by atoms with Gasteiger partial charge >= 0.3 is 0 Å². The summed E-state index contributed by atoms with van der Waals surface area (Å²) in [6.45, 7) is 0. The lowest BCUT2D eigenvalue weighted by Crippen LogP contribution is -2.30. The predicted molar refractivity (Wildman–Crippen MR) is 52.8 cm³/mol. The summed E-state index contributed by atoms with van der Waals surface area (Å²) in [6.07, 6.45) is 0.750. The van der Waals surface area contributed by atoms with Gasteiger partial charge in [-0.15, -0.1) is 0 Å². The Morgan fingerprint density at radius 2 is 2.08 bits per heavy atom. The SMILES string of the molecule is O=C1NSN[C@H]1Cc1ccccc1. The molecule has 1 amide bonds. The smallest absolute Gasteiger partial charge is 0.249 e. The molecule has 1 atom stereocenters. The number of carbonyl (C=O) groups excluding carboxylic acids is 1. The molecule has 3 nitrogen and oxygen atoms in total. The lowest BCUT2D eigenvalue weighted by atomic mass is 10.1. The van der Waals surface area contributed by atoms with E-state index in [1.54, 1.807) is 0 Å². The largest absolute Gasteiger partial charge is 0.286 e. The minimum absolute atomic E-state index is 0.0638. The van der Waals surface area contributed by atoms with Gasteiger partial charge in [-0.2, -0.15) is 0 Å². The zero-order valence-electron chi connectivity index (χ0n) is 6.99. The highest BCUT2D eigenvalue weighted by Gasteiger charge is 2.24. The molecule has 1 aliphatic rings. The van der Waals surface area contributed by atoms with Crippen LogP contribution in [-0.2, 0) is 11.2 Å². The molecule has 0 saturated carbocycles. The van der Waals surface area contributed by atoms with Gasteiger partial charge in [0.25, 0.3) is 0 Å². The maximum Gasteiger partial charge on any atom is 0.249 e. The first-order valence-electron chi connectivity index (χ1n) is 4.11. The van der Waals surface area contributed by atoms with Crippen molar-refractivity contribution in [2.24, 2.45) is 0 Å². The topological polar surface area (TPSA) is 41.1 Å². The normalized spacial score (nSPS) is 21.5. The number of rotatable bonds is 2. The van der Waals surface area contributed by atoms with Gasteiger partial charge in [0.15, 0.2) is 0 Å². The summed E-state index contributed by atoms with van der Waals surface area (Å²) in [6, 6.07) is 9.90. The zero-order valence-corrected chi connectivity index (χ0v) is 7.80. The lowest BCUT2D eigenvalue weighted by molar-refractivity contribution is -0.119. The van der Waals surface area contributed by atoms with Gasteiger partial charge in [0, 0.05) is 12.1 Å². The average molecular weight is 194 g/mol. The number of hydrogen-bond donors (Lipinski definition) is 2. The third-order valence-electron chi connectivity index (χ3n) is 1.95. The molecule has 1 fully saturated rings. The molecule has 0 aliphatic carbocycles. The van der Waals surface area contributed by atoms with Crippen molar-refractivity contribution in [3.8, 4) is 0 Å². The Hall–Kier alpha value is -1.00. The van der Waals surface area contributed by atoms with Gasteiger partial charge in [-0.3, -0.25) is 9.52 Å². The second-order valence-corrected chi connectivity index (χ2v) is 3.57. The van der Waals surface area contributed by atoms with Crippen LogP contribution in [-0.4, -0.2) is 11.9 Å². The van der Waals surface area contributed by atoms with E-state index in [0.29, 0.717) is 0 Å². The van der Waals surface area contributed by atoms with Crippen molar-refractivity contribution < 1.29 is 4.79 Å². The third kappa shape index (κ3) is 2.02. The quantitative estimate of drug-likeness (QED) is 0.687. The van der Waals surface area contributed by atoms with Crippen LogP contribution in [0.5, 0.6) is 0 Å². The van der Waals surface area contributed by atoms with Crippen LogP contribution in [0.2, 0.25) is 0 Å². The Labute approximate surface area is 81.2 Å². The Morgan fingerprint density at radius 3 is 2.69 bits per heavy atom. The minimum atomic E-state index is -0.0904. The van der Waals surface area contributed by atoms with E-state index < -0.39 is 0 Å². The summed E-state index contributed by atoms with van der Waals surface area (Å²) < 4.78 is 5.67. The average Bonchev–Trinajstić information content (AvgIpc) is 2.54. The van der Waals surface area contributed by atoms with Gasteiger partial charge < -0.3 is 0 Å². The summed E-state index contributed by atoms with van der Waals surface area (Å²) in [5.74, 6) is 0.0638. The number of benzene rings is 1. The van der Waals surface area contributed by atoms with Crippen LogP contribution < -0.4 is 9.44 Å². The van der Waals surface area contributed by atoms with Crippen molar-refractivity contribution in [2.45, 2.75) is 12.5 Å². The number of carbonyl (C=O) groups is 1. The van der Waals surface area contributed by atoms with E-state index in [2.05, 4.69) is 9.44 Å². The summed E-state index contributed by atoms with van der Waals surface area (Å²) in [7, 11) is 0. The summed E-state index contributed by atoms with van der Waals surface area (Å²) in [4.78, 5) is 11.2. The molecule has 1 saturated heterocycles. The highest BCUT2D eigenvalue weighted by atomic mass is 32.2. The van der Waals surface area contributed by atoms with E-state index in [9.17, 15) is 4.79 Å². The summed E-state index contributed by atoms with van der Waals surface area (Å²) >= 11 is 1.26. The monoisotopic (exact) mass is 194 g/mol. The highest BCUT2D eigenvalue weighted by Crippen LogP contribution is 2.09. The van der Waals surface area contributed by atoms with Gasteiger partial charge in [0.2, 0.25) is 5.91 Å². The molecule has 1 aromatic carbocycles. The fraction of sp³-hybridized carbons (Fsp3) is 0.222. The van der Waals surface area contributed by atoms with Gasteiger partial charge in [0.1, 0.15) is 6.04 Å². The van der Waals surface area contributed by atoms with Crippen molar-refractivity contribution >= 4 is 18.0 Å². The molecular formula is C9H10N2OS. The zero-order chi connectivity index (χ0) is 9.10. The third-order valence-corrected chi connectivity index (χ3v) is 2.66. The second-order valence-electron chi connectivity index (χ2n) is 2.93. The number of nitrogens with one attached hydrogen (secondary N) is 2. The summed E-state index contributed by atoms with van der Waals surface area (Å²) in [5, 5.41) is 0. The Bertz CT molecular complexity index is 302. The molecular weight excluding hydrogens is 184 g/mol. The van der Waals surface area contributed by atoms with Crippen LogP contribution in [0.4, 0.5) is 0 Å². The van der Waals surface area contributed by atoms with Crippen LogP contribution in [0.1, 0.15) is 5.56 Å². The molecule has 2 N–H and O–H groups in total. The van der Waals surface area contributed by atoms with E-state index >= 15 is 0 Å². The lowest BCUT2D eigenvalue weighted by Gasteiger charge is -2.05. The Kier molecular flexibility index (Phi) is 2.52. The molecule has 0 bridgehead atoms. The van der Waals surface area contributed by atoms with Crippen LogP contribution in [0.25, 0.3) is 0 Å². The van der Waals surface area contributed by atoms with Gasteiger partial charge in [-0.1, -0.05) is 30.3 Å². The Morgan fingerprint density at radius 1 is 1.31 bits per heavy atom. The second kappa shape index (κ2) is 3.81. The van der Waals surface area contributed by atoms with E-state index in [1.807, 2.05) is 30.3 Å². The molecule has 13 heavy (non-hydrogen) atoms. The number of hydrogen-bond acceptors (Lipinski definition) is 3. The van der Waals surface area contributed by atoms with Crippen molar-refractivity contribution in [3.63, 3.8) is 0 Å². The molecule has 2 rings (SSSR count). The van der Waals surface area contributed by atoms with E-state index in [1.165, 1.54) is 17.7 Å². The first-order chi connectivity index (χ1) is 6.36. The fourth-order valence-corrected chi connectivity index (χ4v) is 1.89. The van der Waals surface area contributed by atoms with Crippen molar-refractivity contribution in [2.75, 3.05) is 0 Å². The molecule has 68 valence electrons. The van der Waals surface area contributed by atoms with Crippen molar-refractivity contribution in [3.05, 3.63) is 35.9 Å². The van der Waals surface area contributed by atoms with Gasteiger partial charge in [-0.05, 0) is 12.0 Å². The van der Waals surface area contributed by atoms with E-state index in [0.717, 1.165) is 6.42 Å². The van der Waals surface area contributed by atoms with Gasteiger partial charge in [-0.25, -0.2) is 4.72 Å². The molecule has 0 aromatic heterocycles. The highest BCUT2D eigenvalue weighted by molar-refractivity contribution is 7.96. The maximum absolute atomic E-state index is 11.2. The first-order valence-corrected chi connectivity index (χ1v) is 4.93. The maximum atomic E-state index is 11.2. The number of amides is 1. The fourth-order valence-electron chi connectivity index (χ4n) is 1.26. The molecule has 0 unspecified atom stereocenters. The molecule has 1 aliphatic heterocycles. The van der Waals surface area contributed by atoms with Crippen molar-refractivity contribution in [1.29, 1.82) is 0 Å². The van der Waals surface area contributed by atoms with Crippen LogP contribution in [0.3, 0.4) is 0 Å². The molecule has 1 aromatic rings. The van der Waals surface area contributed by atoms with Crippen LogP contribution in [0, 0.1) is 0 Å².